The van der Waals surface area contributed by atoms with Crippen molar-refractivity contribution < 1.29 is 39.3 Å². The van der Waals surface area contributed by atoms with Crippen molar-refractivity contribution in [1.29, 1.82) is 0 Å². The summed E-state index contributed by atoms with van der Waals surface area (Å²) in [6.07, 6.45) is -2.03. The summed E-state index contributed by atoms with van der Waals surface area (Å²) in [6, 6.07) is 0.661. The maximum absolute atomic E-state index is 13.0. The average molecular weight is 482 g/mol. The predicted octanol–water partition coefficient (Wildman–Crippen LogP) is -2.53. The van der Waals surface area contributed by atoms with Crippen molar-refractivity contribution in [2.24, 2.45) is 11.5 Å². The Labute approximate surface area is 195 Å². The SMILES string of the molecule is CC(N)C(=O)NC(Cc1ccc(O)cc1)C(=O)NC(CCC(N)=O)C(=O)NC(C(=O)O)C(C)O. The largest absolute Gasteiger partial charge is 0.508 e. The second-order valence-corrected chi connectivity index (χ2v) is 7.85. The van der Waals surface area contributed by atoms with Crippen molar-refractivity contribution in [2.45, 2.75) is 63.4 Å². The standard InChI is InChI=1S/C21H31N5O8/c1-10(22)18(30)25-15(9-12-3-5-13(28)6-4-12)20(32)24-14(7-8-16(23)29)19(31)26-17(11(2)27)21(33)34/h3-6,10-11,14-15,17,27-28H,7-9,22H2,1-2H3,(H2,23,29)(H,24,32)(H,25,30)(H,26,31)(H,33,34). The zero-order valence-electron chi connectivity index (χ0n) is 18.9. The highest BCUT2D eigenvalue weighted by molar-refractivity contribution is 5.94. The maximum Gasteiger partial charge on any atom is 0.328 e. The van der Waals surface area contributed by atoms with Gasteiger partial charge in [0.1, 0.15) is 17.8 Å². The Morgan fingerprint density at radius 3 is 1.91 bits per heavy atom. The Balaban J connectivity index is 3.11. The van der Waals surface area contributed by atoms with Gasteiger partial charge in [-0.2, -0.15) is 0 Å². The van der Waals surface area contributed by atoms with E-state index >= 15 is 0 Å². The van der Waals surface area contributed by atoms with E-state index in [1.807, 2.05) is 0 Å². The molecule has 0 aliphatic carbocycles. The van der Waals surface area contributed by atoms with E-state index < -0.39 is 59.9 Å². The third kappa shape index (κ3) is 9.42. The highest BCUT2D eigenvalue weighted by atomic mass is 16.4. The molecule has 1 rings (SSSR count). The van der Waals surface area contributed by atoms with Crippen molar-refractivity contribution in [3.05, 3.63) is 29.8 Å². The van der Waals surface area contributed by atoms with Crippen LogP contribution in [-0.2, 0) is 30.4 Å². The molecule has 0 fully saturated rings. The number of phenols is 1. The molecule has 0 aliphatic heterocycles. The summed E-state index contributed by atoms with van der Waals surface area (Å²) in [5.74, 6) is -4.68. The van der Waals surface area contributed by atoms with Crippen molar-refractivity contribution >= 4 is 29.6 Å². The third-order valence-electron chi connectivity index (χ3n) is 4.78. The number of carbonyl (C=O) groups excluding carboxylic acids is 4. The van der Waals surface area contributed by atoms with Gasteiger partial charge in [-0.1, -0.05) is 12.1 Å². The number of benzene rings is 1. The van der Waals surface area contributed by atoms with Crippen molar-refractivity contribution in [1.82, 2.24) is 16.0 Å². The molecule has 0 spiro atoms. The molecule has 13 heteroatoms. The number of carboxylic acid groups (broad SMARTS) is 1. The molecule has 1 aromatic rings. The Kier molecular flexibility index (Phi) is 10.9. The molecule has 0 saturated heterocycles. The number of hydrogen-bond acceptors (Lipinski definition) is 8. The predicted molar refractivity (Wildman–Crippen MR) is 119 cm³/mol. The number of aliphatic hydroxyl groups is 1. The molecule has 0 heterocycles. The van der Waals surface area contributed by atoms with Gasteiger partial charge in [0.15, 0.2) is 6.04 Å². The second kappa shape index (κ2) is 13.1. The lowest BCUT2D eigenvalue weighted by Crippen LogP contribution is -2.58. The van der Waals surface area contributed by atoms with Crippen LogP contribution >= 0.6 is 0 Å². The Bertz CT molecular complexity index is 888. The summed E-state index contributed by atoms with van der Waals surface area (Å²) in [5, 5.41) is 35.2. The van der Waals surface area contributed by atoms with Crippen LogP contribution in [0.3, 0.4) is 0 Å². The minimum absolute atomic E-state index is 0.00125. The molecule has 0 radical (unpaired) electrons. The molecule has 0 aromatic heterocycles. The maximum atomic E-state index is 13.0. The summed E-state index contributed by atoms with van der Waals surface area (Å²) in [6.45, 7) is 2.57. The smallest absolute Gasteiger partial charge is 0.328 e. The highest BCUT2D eigenvalue weighted by Gasteiger charge is 2.31. The van der Waals surface area contributed by atoms with Crippen LogP contribution in [0.2, 0.25) is 0 Å². The van der Waals surface area contributed by atoms with Crippen LogP contribution in [-0.4, -0.2) is 75.2 Å². The number of aromatic hydroxyl groups is 1. The first-order chi connectivity index (χ1) is 15.8. The number of amides is 4. The number of carbonyl (C=O) groups is 5. The lowest BCUT2D eigenvalue weighted by molar-refractivity contribution is -0.145. The van der Waals surface area contributed by atoms with Crippen LogP contribution in [0.4, 0.5) is 0 Å². The first-order valence-electron chi connectivity index (χ1n) is 10.5. The Hall–Kier alpha value is -3.71. The summed E-state index contributed by atoms with van der Waals surface area (Å²) in [7, 11) is 0. The van der Waals surface area contributed by atoms with E-state index in [1.165, 1.54) is 31.2 Å². The number of carboxylic acids is 1. The Morgan fingerprint density at radius 2 is 1.44 bits per heavy atom. The fraction of sp³-hybridized carbons (Fsp3) is 0.476. The molecule has 1 aromatic carbocycles. The minimum atomic E-state index is -1.66. The number of phenolic OH excluding ortho intramolecular Hbond substituents is 1. The average Bonchev–Trinajstić information content (AvgIpc) is 2.74. The monoisotopic (exact) mass is 481 g/mol. The van der Waals surface area contributed by atoms with Gasteiger partial charge in [-0.15, -0.1) is 0 Å². The van der Waals surface area contributed by atoms with Crippen LogP contribution < -0.4 is 27.4 Å². The Morgan fingerprint density at radius 1 is 0.912 bits per heavy atom. The van der Waals surface area contributed by atoms with Gasteiger partial charge < -0.3 is 42.7 Å². The topological polar surface area (TPSA) is 234 Å². The second-order valence-electron chi connectivity index (χ2n) is 7.85. The number of nitrogens with two attached hydrogens (primary N) is 2. The van der Waals surface area contributed by atoms with E-state index in [2.05, 4.69) is 16.0 Å². The van der Waals surface area contributed by atoms with Gasteiger partial charge in [-0.25, -0.2) is 4.79 Å². The van der Waals surface area contributed by atoms with Crippen molar-refractivity contribution in [2.75, 3.05) is 0 Å². The molecule has 5 unspecified atom stereocenters. The van der Waals surface area contributed by atoms with Gasteiger partial charge >= 0.3 is 5.97 Å². The lowest BCUT2D eigenvalue weighted by atomic mass is 10.0. The van der Waals surface area contributed by atoms with E-state index in [0.717, 1.165) is 6.92 Å². The van der Waals surface area contributed by atoms with E-state index in [-0.39, 0.29) is 25.0 Å². The zero-order valence-corrected chi connectivity index (χ0v) is 18.9. The van der Waals surface area contributed by atoms with Crippen LogP contribution in [0.25, 0.3) is 0 Å². The number of aliphatic carboxylic acids is 1. The molecule has 4 amide bonds. The van der Waals surface area contributed by atoms with E-state index in [0.29, 0.717) is 5.56 Å². The summed E-state index contributed by atoms with van der Waals surface area (Å²) in [4.78, 5) is 60.3. The van der Waals surface area contributed by atoms with Gasteiger partial charge in [0.25, 0.3) is 0 Å². The van der Waals surface area contributed by atoms with Crippen molar-refractivity contribution in [3.8, 4) is 5.75 Å². The number of rotatable bonds is 13. The first-order valence-corrected chi connectivity index (χ1v) is 10.5. The fourth-order valence-corrected chi connectivity index (χ4v) is 2.85. The van der Waals surface area contributed by atoms with Crippen molar-refractivity contribution in [3.63, 3.8) is 0 Å². The van der Waals surface area contributed by atoms with E-state index in [1.54, 1.807) is 0 Å². The molecule has 34 heavy (non-hydrogen) atoms. The van der Waals surface area contributed by atoms with Crippen LogP contribution in [0.15, 0.2) is 24.3 Å². The van der Waals surface area contributed by atoms with Gasteiger partial charge in [0.2, 0.25) is 23.6 Å². The summed E-state index contributed by atoms with van der Waals surface area (Å²) in [5.41, 5.74) is 11.3. The van der Waals surface area contributed by atoms with Crippen LogP contribution in [0.1, 0.15) is 32.3 Å². The normalized spacial score (nSPS) is 15.2. The molecule has 0 aliphatic rings. The molecule has 0 bridgehead atoms. The van der Waals surface area contributed by atoms with Gasteiger partial charge in [-0.05, 0) is 38.0 Å². The van der Waals surface area contributed by atoms with Crippen LogP contribution in [0, 0.1) is 0 Å². The molecular formula is C21H31N5O8. The number of hydrogen-bond donors (Lipinski definition) is 8. The van der Waals surface area contributed by atoms with E-state index in [4.69, 9.17) is 11.5 Å². The van der Waals surface area contributed by atoms with Gasteiger partial charge in [0, 0.05) is 12.8 Å². The quantitative estimate of drug-likeness (QED) is 0.148. The summed E-state index contributed by atoms with van der Waals surface area (Å²) >= 11 is 0. The van der Waals surface area contributed by atoms with Gasteiger partial charge in [-0.3, -0.25) is 19.2 Å². The van der Waals surface area contributed by atoms with Crippen LogP contribution in [0.5, 0.6) is 5.75 Å². The van der Waals surface area contributed by atoms with Gasteiger partial charge in [0.05, 0.1) is 12.1 Å². The number of nitrogens with one attached hydrogen (secondary N) is 3. The number of aliphatic hydroxyl groups excluding tert-OH is 1. The highest BCUT2D eigenvalue weighted by Crippen LogP contribution is 2.12. The molecule has 13 nitrogen and oxygen atoms in total. The molecule has 5 atom stereocenters. The lowest BCUT2D eigenvalue weighted by Gasteiger charge is -2.25. The molecular weight excluding hydrogens is 450 g/mol. The number of primary amides is 1. The first kappa shape index (κ1) is 28.3. The molecule has 0 saturated carbocycles. The van der Waals surface area contributed by atoms with E-state index in [9.17, 15) is 39.3 Å². The third-order valence-corrected chi connectivity index (χ3v) is 4.78. The molecule has 10 N–H and O–H groups in total. The summed E-state index contributed by atoms with van der Waals surface area (Å²) < 4.78 is 0. The fourth-order valence-electron chi connectivity index (χ4n) is 2.85. The minimum Gasteiger partial charge on any atom is -0.508 e. The molecule has 188 valence electrons. The zero-order chi connectivity index (χ0) is 26.0.